The van der Waals surface area contributed by atoms with Gasteiger partial charge in [0, 0.05) is 15.5 Å². The van der Waals surface area contributed by atoms with Gasteiger partial charge < -0.3 is 0 Å². The number of benzene rings is 1. The molecule has 1 amide bonds. The van der Waals surface area contributed by atoms with E-state index in [2.05, 4.69) is 27.6 Å². The van der Waals surface area contributed by atoms with Crippen molar-refractivity contribution < 1.29 is 4.79 Å². The second-order valence-corrected chi connectivity index (χ2v) is 6.47. The van der Waals surface area contributed by atoms with Gasteiger partial charge >= 0.3 is 0 Å². The minimum absolute atomic E-state index is 0.0197. The summed E-state index contributed by atoms with van der Waals surface area (Å²) in [6.45, 7) is 0. The zero-order chi connectivity index (χ0) is 13.2. The lowest BCUT2D eigenvalue weighted by Gasteiger charge is -2.23. The van der Waals surface area contributed by atoms with E-state index in [1.54, 1.807) is 18.0 Å². The quantitative estimate of drug-likeness (QED) is 0.746. The third-order valence-corrected chi connectivity index (χ3v) is 4.81. The number of carbonyl (C=O) groups excluding carboxylic acids is 1. The zero-order valence-corrected chi connectivity index (χ0v) is 13.0. The molecular formula is C14H11IN2OS. The average molecular weight is 382 g/mol. The maximum Gasteiger partial charge on any atom is 0.238 e. The van der Waals surface area contributed by atoms with Crippen LogP contribution in [-0.2, 0) is 4.79 Å². The Morgan fingerprint density at radius 3 is 2.68 bits per heavy atom. The molecule has 3 rings (SSSR count). The van der Waals surface area contributed by atoms with E-state index in [1.165, 1.54) is 0 Å². The summed E-state index contributed by atoms with van der Waals surface area (Å²) in [6.07, 6.45) is 1.77. The Labute approximate surface area is 129 Å². The highest BCUT2D eigenvalue weighted by molar-refractivity contribution is 14.1. The number of pyridine rings is 1. The van der Waals surface area contributed by atoms with Crippen molar-refractivity contribution in [3.8, 4) is 0 Å². The molecule has 1 aromatic carbocycles. The number of rotatable bonds is 2. The van der Waals surface area contributed by atoms with Gasteiger partial charge in [0.1, 0.15) is 5.37 Å². The number of nitrogens with zero attached hydrogens (tertiary/aromatic N) is 2. The summed E-state index contributed by atoms with van der Waals surface area (Å²) in [6, 6.07) is 13.8. The fourth-order valence-electron chi connectivity index (χ4n) is 2.05. The molecule has 0 unspecified atom stereocenters. The fraction of sp³-hybridized carbons (Fsp3) is 0.143. The summed E-state index contributed by atoms with van der Waals surface area (Å²) in [7, 11) is 0. The Balaban J connectivity index is 1.97. The van der Waals surface area contributed by atoms with Crippen LogP contribution in [0.1, 0.15) is 11.1 Å². The van der Waals surface area contributed by atoms with Crippen molar-refractivity contribution in [2.24, 2.45) is 0 Å². The molecule has 19 heavy (non-hydrogen) atoms. The van der Waals surface area contributed by atoms with Gasteiger partial charge in [0.2, 0.25) is 5.91 Å². The number of aromatic nitrogens is 1. The summed E-state index contributed by atoms with van der Waals surface area (Å²) in [5.74, 6) is 0.648. The van der Waals surface area contributed by atoms with Gasteiger partial charge in [-0.3, -0.25) is 14.7 Å². The molecule has 0 N–H and O–H groups in total. The fourth-order valence-corrected chi connectivity index (χ4v) is 3.54. The molecule has 1 aliphatic rings. The Morgan fingerprint density at radius 2 is 2.00 bits per heavy atom. The van der Waals surface area contributed by atoms with Crippen LogP contribution in [0.15, 0.2) is 48.7 Å². The van der Waals surface area contributed by atoms with Crippen molar-refractivity contribution in [1.29, 1.82) is 0 Å². The van der Waals surface area contributed by atoms with Crippen molar-refractivity contribution in [2.75, 3.05) is 10.7 Å². The van der Waals surface area contributed by atoms with Crippen LogP contribution in [0.3, 0.4) is 0 Å². The number of carbonyl (C=O) groups is 1. The minimum Gasteiger partial charge on any atom is -0.293 e. The number of hydrogen-bond donors (Lipinski definition) is 0. The molecule has 1 aliphatic heterocycles. The molecule has 1 aromatic heterocycles. The molecule has 2 heterocycles. The first-order valence-corrected chi connectivity index (χ1v) is 7.98. The SMILES string of the molecule is O=C1CS[C@H](c2ccccn2)N1c1ccc(I)cc1. The summed E-state index contributed by atoms with van der Waals surface area (Å²) in [5, 5.41) is -0.0197. The van der Waals surface area contributed by atoms with Crippen molar-refractivity contribution in [2.45, 2.75) is 5.37 Å². The lowest BCUT2D eigenvalue weighted by atomic mass is 10.2. The van der Waals surface area contributed by atoms with E-state index < -0.39 is 0 Å². The van der Waals surface area contributed by atoms with Crippen LogP contribution >= 0.6 is 34.4 Å². The highest BCUT2D eigenvalue weighted by atomic mass is 127. The summed E-state index contributed by atoms with van der Waals surface area (Å²) in [5.41, 5.74) is 1.86. The molecule has 5 heteroatoms. The van der Waals surface area contributed by atoms with Crippen LogP contribution in [0.2, 0.25) is 0 Å². The molecule has 0 bridgehead atoms. The highest BCUT2D eigenvalue weighted by Gasteiger charge is 2.34. The topological polar surface area (TPSA) is 33.2 Å². The highest BCUT2D eigenvalue weighted by Crippen LogP contribution is 2.40. The van der Waals surface area contributed by atoms with E-state index in [-0.39, 0.29) is 11.3 Å². The normalized spacial score (nSPS) is 18.9. The molecule has 0 saturated carbocycles. The Bertz CT molecular complexity index is 588. The summed E-state index contributed by atoms with van der Waals surface area (Å²) >= 11 is 3.88. The molecule has 3 nitrogen and oxygen atoms in total. The van der Waals surface area contributed by atoms with Crippen LogP contribution in [0.25, 0.3) is 0 Å². The van der Waals surface area contributed by atoms with E-state index in [0.29, 0.717) is 5.75 Å². The second kappa shape index (κ2) is 5.50. The van der Waals surface area contributed by atoms with E-state index in [0.717, 1.165) is 15.0 Å². The molecule has 1 fully saturated rings. The van der Waals surface area contributed by atoms with Gasteiger partial charge in [-0.15, -0.1) is 11.8 Å². The lowest BCUT2D eigenvalue weighted by Crippen LogP contribution is -2.28. The van der Waals surface area contributed by atoms with Gasteiger partial charge in [-0.1, -0.05) is 6.07 Å². The van der Waals surface area contributed by atoms with Crippen LogP contribution in [-0.4, -0.2) is 16.6 Å². The van der Waals surface area contributed by atoms with Gasteiger partial charge in [0.05, 0.1) is 11.4 Å². The molecule has 0 radical (unpaired) electrons. The average Bonchev–Trinajstić information content (AvgIpc) is 2.83. The maximum atomic E-state index is 12.1. The van der Waals surface area contributed by atoms with Crippen LogP contribution in [0, 0.1) is 3.57 Å². The molecule has 1 atom stereocenters. The largest absolute Gasteiger partial charge is 0.293 e. The van der Waals surface area contributed by atoms with Crippen molar-refractivity contribution >= 4 is 45.9 Å². The monoisotopic (exact) mass is 382 g/mol. The molecule has 0 spiro atoms. The summed E-state index contributed by atoms with van der Waals surface area (Å²) in [4.78, 5) is 18.3. The number of amides is 1. The molecule has 96 valence electrons. The first-order chi connectivity index (χ1) is 9.25. The van der Waals surface area contributed by atoms with Crippen LogP contribution in [0.5, 0.6) is 0 Å². The van der Waals surface area contributed by atoms with Gasteiger partial charge in [0.15, 0.2) is 0 Å². The van der Waals surface area contributed by atoms with E-state index >= 15 is 0 Å². The molecular weight excluding hydrogens is 371 g/mol. The third kappa shape index (κ3) is 2.62. The third-order valence-electron chi connectivity index (χ3n) is 2.91. The van der Waals surface area contributed by atoms with Crippen LogP contribution < -0.4 is 4.90 Å². The Morgan fingerprint density at radius 1 is 1.21 bits per heavy atom. The number of halogens is 1. The van der Waals surface area contributed by atoms with E-state index in [9.17, 15) is 4.79 Å². The van der Waals surface area contributed by atoms with Gasteiger partial charge in [0.25, 0.3) is 0 Å². The standard InChI is InChI=1S/C14H11IN2OS/c15-10-4-6-11(7-5-10)17-13(18)9-19-14(17)12-3-1-2-8-16-12/h1-8,14H,9H2/t14-/m1/s1. The zero-order valence-electron chi connectivity index (χ0n) is 9.99. The summed E-state index contributed by atoms with van der Waals surface area (Å²) < 4.78 is 1.16. The van der Waals surface area contributed by atoms with E-state index in [4.69, 9.17) is 0 Å². The van der Waals surface area contributed by atoms with Crippen molar-refractivity contribution in [1.82, 2.24) is 4.98 Å². The van der Waals surface area contributed by atoms with Crippen LogP contribution in [0.4, 0.5) is 5.69 Å². The predicted molar refractivity (Wildman–Crippen MR) is 86.1 cm³/mol. The smallest absolute Gasteiger partial charge is 0.238 e. The van der Waals surface area contributed by atoms with Crippen molar-refractivity contribution in [3.63, 3.8) is 0 Å². The molecule has 1 saturated heterocycles. The first-order valence-electron chi connectivity index (χ1n) is 5.86. The molecule has 2 aromatic rings. The first kappa shape index (κ1) is 12.9. The second-order valence-electron chi connectivity index (χ2n) is 4.16. The van der Waals surface area contributed by atoms with Gasteiger partial charge in [-0.2, -0.15) is 0 Å². The van der Waals surface area contributed by atoms with Crippen molar-refractivity contribution in [3.05, 3.63) is 57.9 Å². The lowest BCUT2D eigenvalue weighted by molar-refractivity contribution is -0.115. The molecule has 0 aliphatic carbocycles. The Hall–Kier alpha value is -1.08. The number of thioether (sulfide) groups is 1. The van der Waals surface area contributed by atoms with Gasteiger partial charge in [-0.05, 0) is 59.0 Å². The van der Waals surface area contributed by atoms with Gasteiger partial charge in [-0.25, -0.2) is 0 Å². The number of anilines is 1. The van der Waals surface area contributed by atoms with E-state index in [1.807, 2.05) is 47.4 Å². The predicted octanol–water partition coefficient (Wildman–Crippen LogP) is 3.46. The maximum absolute atomic E-state index is 12.1. The Kier molecular flexibility index (Phi) is 3.74. The minimum atomic E-state index is -0.0197. The number of hydrogen-bond acceptors (Lipinski definition) is 3.